The van der Waals surface area contributed by atoms with E-state index >= 15 is 0 Å². The SMILES string of the molecule is CC(C)(C)CC(C)(C)c1ccccc1-c1ccc(C(=O)O)c(O)c1. The molecular weight excluding hydrogens is 300 g/mol. The topological polar surface area (TPSA) is 57.5 Å². The lowest BCUT2D eigenvalue weighted by Crippen LogP contribution is -2.25. The summed E-state index contributed by atoms with van der Waals surface area (Å²) in [5.74, 6) is -1.33. The summed E-state index contributed by atoms with van der Waals surface area (Å²) < 4.78 is 0. The monoisotopic (exact) mass is 326 g/mol. The number of phenols is 1. The minimum absolute atomic E-state index is 0.0457. The van der Waals surface area contributed by atoms with E-state index in [1.807, 2.05) is 18.2 Å². The van der Waals surface area contributed by atoms with E-state index in [2.05, 4.69) is 40.7 Å². The van der Waals surface area contributed by atoms with Crippen molar-refractivity contribution in [3.05, 3.63) is 53.6 Å². The summed E-state index contributed by atoms with van der Waals surface area (Å²) >= 11 is 0. The van der Waals surface area contributed by atoms with Gasteiger partial charge in [-0.2, -0.15) is 0 Å². The highest BCUT2D eigenvalue weighted by Crippen LogP contribution is 2.41. The third-order valence-electron chi connectivity index (χ3n) is 4.17. The van der Waals surface area contributed by atoms with Gasteiger partial charge in [-0.15, -0.1) is 0 Å². The lowest BCUT2D eigenvalue weighted by molar-refractivity contribution is 0.0693. The molecule has 0 aliphatic carbocycles. The maximum absolute atomic E-state index is 11.1. The molecule has 0 radical (unpaired) electrons. The second-order valence-electron chi connectivity index (χ2n) is 8.20. The minimum Gasteiger partial charge on any atom is -0.507 e. The van der Waals surface area contributed by atoms with Crippen molar-refractivity contribution < 1.29 is 15.0 Å². The highest BCUT2D eigenvalue weighted by molar-refractivity contribution is 5.91. The molecule has 2 aromatic rings. The summed E-state index contributed by atoms with van der Waals surface area (Å²) in [4.78, 5) is 11.1. The number of aromatic carboxylic acids is 1. The molecule has 2 aromatic carbocycles. The van der Waals surface area contributed by atoms with Crippen LogP contribution in [0.2, 0.25) is 0 Å². The molecule has 3 nitrogen and oxygen atoms in total. The molecule has 0 aromatic heterocycles. The van der Waals surface area contributed by atoms with E-state index in [-0.39, 0.29) is 22.1 Å². The van der Waals surface area contributed by atoms with Gasteiger partial charge in [0.05, 0.1) is 0 Å². The van der Waals surface area contributed by atoms with E-state index in [1.54, 1.807) is 6.07 Å². The molecule has 0 bridgehead atoms. The zero-order valence-electron chi connectivity index (χ0n) is 15.1. The van der Waals surface area contributed by atoms with Gasteiger partial charge < -0.3 is 10.2 Å². The Morgan fingerprint density at radius 1 is 1.00 bits per heavy atom. The van der Waals surface area contributed by atoms with Crippen LogP contribution in [-0.4, -0.2) is 16.2 Å². The van der Waals surface area contributed by atoms with Crippen LogP contribution in [0.1, 0.15) is 57.0 Å². The fraction of sp³-hybridized carbons (Fsp3) is 0.381. The fourth-order valence-electron chi connectivity index (χ4n) is 3.63. The average Bonchev–Trinajstić information content (AvgIpc) is 2.44. The van der Waals surface area contributed by atoms with Gasteiger partial charge in [0.1, 0.15) is 11.3 Å². The van der Waals surface area contributed by atoms with Gasteiger partial charge in [-0.05, 0) is 46.1 Å². The predicted molar refractivity (Wildman–Crippen MR) is 97.6 cm³/mol. The molecule has 24 heavy (non-hydrogen) atoms. The van der Waals surface area contributed by atoms with Crippen molar-refractivity contribution in [2.24, 2.45) is 5.41 Å². The molecule has 0 fully saturated rings. The molecule has 2 rings (SSSR count). The maximum Gasteiger partial charge on any atom is 0.339 e. The van der Waals surface area contributed by atoms with Gasteiger partial charge in [-0.3, -0.25) is 0 Å². The quantitative estimate of drug-likeness (QED) is 0.783. The first kappa shape index (κ1) is 18.1. The molecule has 0 spiro atoms. The standard InChI is InChI=1S/C21H26O3/c1-20(2,3)13-21(4,5)17-9-7-6-8-15(17)14-10-11-16(19(23)24)18(22)12-14/h6-12,22H,13H2,1-5H3,(H,23,24). The Balaban J connectivity index is 2.54. The first-order chi connectivity index (χ1) is 11.0. The van der Waals surface area contributed by atoms with E-state index in [0.29, 0.717) is 0 Å². The second-order valence-corrected chi connectivity index (χ2v) is 8.20. The molecule has 0 saturated carbocycles. The minimum atomic E-state index is -1.12. The van der Waals surface area contributed by atoms with Crippen LogP contribution >= 0.6 is 0 Å². The lowest BCUT2D eigenvalue weighted by atomic mass is 9.70. The van der Waals surface area contributed by atoms with Gasteiger partial charge in [0.25, 0.3) is 0 Å². The zero-order valence-corrected chi connectivity index (χ0v) is 15.1. The summed E-state index contributed by atoms with van der Waals surface area (Å²) in [6, 6.07) is 12.9. The summed E-state index contributed by atoms with van der Waals surface area (Å²) in [6.07, 6.45) is 1.01. The van der Waals surface area contributed by atoms with Gasteiger partial charge >= 0.3 is 5.97 Å². The first-order valence-electron chi connectivity index (χ1n) is 8.17. The van der Waals surface area contributed by atoms with Crippen LogP contribution in [0.4, 0.5) is 0 Å². The Labute approximate surface area is 144 Å². The van der Waals surface area contributed by atoms with Crippen molar-refractivity contribution in [1.82, 2.24) is 0 Å². The van der Waals surface area contributed by atoms with Crippen molar-refractivity contribution >= 4 is 5.97 Å². The van der Waals surface area contributed by atoms with Crippen LogP contribution < -0.4 is 0 Å². The normalized spacial score (nSPS) is 12.2. The van der Waals surface area contributed by atoms with Crippen molar-refractivity contribution in [2.45, 2.75) is 46.5 Å². The Kier molecular flexibility index (Phi) is 4.75. The van der Waals surface area contributed by atoms with Gasteiger partial charge in [-0.25, -0.2) is 4.79 Å². The highest BCUT2D eigenvalue weighted by atomic mass is 16.4. The molecule has 0 saturated heterocycles. The Morgan fingerprint density at radius 2 is 1.62 bits per heavy atom. The van der Waals surface area contributed by atoms with Crippen LogP contribution in [0.5, 0.6) is 5.75 Å². The van der Waals surface area contributed by atoms with Crippen LogP contribution in [0.15, 0.2) is 42.5 Å². The maximum atomic E-state index is 11.1. The van der Waals surface area contributed by atoms with Gasteiger partial charge in [0.2, 0.25) is 0 Å². The number of carbonyl (C=O) groups is 1. The van der Waals surface area contributed by atoms with Crippen molar-refractivity contribution in [2.75, 3.05) is 0 Å². The molecule has 128 valence electrons. The van der Waals surface area contributed by atoms with Crippen molar-refractivity contribution in [3.8, 4) is 16.9 Å². The van der Waals surface area contributed by atoms with Gasteiger partial charge in [0.15, 0.2) is 0 Å². The number of carboxylic acid groups (broad SMARTS) is 1. The number of carboxylic acids is 1. The molecule has 0 heterocycles. The van der Waals surface area contributed by atoms with E-state index in [0.717, 1.165) is 17.5 Å². The van der Waals surface area contributed by atoms with Crippen molar-refractivity contribution in [3.63, 3.8) is 0 Å². The third kappa shape index (κ3) is 3.97. The molecule has 0 unspecified atom stereocenters. The molecule has 0 amide bonds. The summed E-state index contributed by atoms with van der Waals surface area (Å²) in [5.41, 5.74) is 3.11. The molecule has 0 aliphatic rings. The zero-order chi connectivity index (χ0) is 18.1. The lowest BCUT2D eigenvalue weighted by Gasteiger charge is -2.34. The second kappa shape index (κ2) is 6.31. The fourth-order valence-corrected chi connectivity index (χ4v) is 3.63. The predicted octanol–water partition coefficient (Wildman–Crippen LogP) is 5.47. The molecular formula is C21H26O3. The number of benzene rings is 2. The molecule has 3 heteroatoms. The number of rotatable bonds is 4. The average molecular weight is 326 g/mol. The Morgan fingerprint density at radius 3 is 2.17 bits per heavy atom. The molecule has 2 N–H and O–H groups in total. The smallest absolute Gasteiger partial charge is 0.339 e. The number of hydrogen-bond acceptors (Lipinski definition) is 2. The van der Waals surface area contributed by atoms with E-state index < -0.39 is 5.97 Å². The first-order valence-corrected chi connectivity index (χ1v) is 8.17. The Hall–Kier alpha value is -2.29. The highest BCUT2D eigenvalue weighted by Gasteiger charge is 2.29. The molecule has 0 aliphatic heterocycles. The van der Waals surface area contributed by atoms with E-state index in [9.17, 15) is 9.90 Å². The van der Waals surface area contributed by atoms with Crippen LogP contribution in [0, 0.1) is 5.41 Å². The van der Waals surface area contributed by atoms with Crippen LogP contribution in [0.25, 0.3) is 11.1 Å². The number of aromatic hydroxyl groups is 1. The molecule has 0 atom stereocenters. The van der Waals surface area contributed by atoms with Gasteiger partial charge in [-0.1, -0.05) is 65.0 Å². The van der Waals surface area contributed by atoms with Crippen LogP contribution in [-0.2, 0) is 5.41 Å². The van der Waals surface area contributed by atoms with E-state index in [1.165, 1.54) is 17.7 Å². The number of hydrogen-bond donors (Lipinski definition) is 2. The van der Waals surface area contributed by atoms with Crippen LogP contribution in [0.3, 0.4) is 0 Å². The van der Waals surface area contributed by atoms with Gasteiger partial charge in [0, 0.05) is 0 Å². The third-order valence-corrected chi connectivity index (χ3v) is 4.17. The summed E-state index contributed by atoms with van der Waals surface area (Å²) in [5, 5.41) is 19.1. The summed E-state index contributed by atoms with van der Waals surface area (Å²) in [6.45, 7) is 11.1. The van der Waals surface area contributed by atoms with Crippen molar-refractivity contribution in [1.29, 1.82) is 0 Å². The largest absolute Gasteiger partial charge is 0.507 e. The summed E-state index contributed by atoms with van der Waals surface area (Å²) in [7, 11) is 0. The van der Waals surface area contributed by atoms with E-state index in [4.69, 9.17) is 5.11 Å². The Bertz CT molecular complexity index is 752.